The molecule has 4 aromatic rings. The summed E-state index contributed by atoms with van der Waals surface area (Å²) in [6.07, 6.45) is 6.77. The maximum atomic E-state index is 13.3. The van der Waals surface area contributed by atoms with E-state index in [1.54, 1.807) is 17.1 Å². The number of hydrogen-bond acceptors (Lipinski definition) is 5. The Morgan fingerprint density at radius 2 is 1.97 bits per heavy atom. The number of fused-ring (bicyclic) bond motifs is 2. The average Bonchev–Trinajstić information content (AvgIpc) is 3.33. The number of hydrogen-bond donors (Lipinski definition) is 1. The van der Waals surface area contributed by atoms with Crippen LogP contribution in [-0.4, -0.2) is 51.7 Å². The van der Waals surface area contributed by atoms with Crippen molar-refractivity contribution in [2.24, 2.45) is 0 Å². The minimum atomic E-state index is -0.205. The van der Waals surface area contributed by atoms with Gasteiger partial charge in [0.15, 0.2) is 0 Å². The molecular formula is C28H31N5O3. The molecule has 0 fully saturated rings. The Bertz CT molecular complexity index is 1410. The summed E-state index contributed by atoms with van der Waals surface area (Å²) in [5.74, 6) is 0.129. The number of rotatable bonds is 8. The average molecular weight is 486 g/mol. The molecular weight excluding hydrogens is 454 g/mol. The number of pyridine rings is 1. The molecule has 2 aromatic heterocycles. The number of imidazole rings is 1. The maximum Gasteiger partial charge on any atom is 0.256 e. The molecule has 0 radical (unpaired) electrons. The van der Waals surface area contributed by atoms with Gasteiger partial charge in [-0.05, 0) is 22.8 Å². The van der Waals surface area contributed by atoms with Crippen LogP contribution in [0.2, 0.25) is 0 Å². The predicted octanol–water partition coefficient (Wildman–Crippen LogP) is 3.09. The zero-order valence-corrected chi connectivity index (χ0v) is 20.5. The van der Waals surface area contributed by atoms with E-state index in [1.165, 1.54) is 29.5 Å². The summed E-state index contributed by atoms with van der Waals surface area (Å²) in [6.45, 7) is 4.09. The Morgan fingerprint density at radius 3 is 2.81 bits per heavy atom. The van der Waals surface area contributed by atoms with Gasteiger partial charge in [-0.15, -0.1) is 0 Å². The lowest BCUT2D eigenvalue weighted by Gasteiger charge is -2.20. The first-order chi connectivity index (χ1) is 17.6. The molecule has 0 aliphatic carbocycles. The molecule has 0 unspecified atom stereocenters. The molecule has 0 saturated carbocycles. The van der Waals surface area contributed by atoms with Gasteiger partial charge < -0.3 is 19.2 Å². The van der Waals surface area contributed by atoms with Gasteiger partial charge in [0.05, 0.1) is 13.4 Å². The highest BCUT2D eigenvalue weighted by molar-refractivity contribution is 5.98. The van der Waals surface area contributed by atoms with E-state index in [9.17, 15) is 9.59 Å². The molecule has 0 spiro atoms. The predicted molar refractivity (Wildman–Crippen MR) is 139 cm³/mol. The molecule has 0 atom stereocenters. The van der Waals surface area contributed by atoms with E-state index in [0.29, 0.717) is 30.8 Å². The maximum absolute atomic E-state index is 13.3. The van der Waals surface area contributed by atoms with Crippen LogP contribution in [-0.2, 0) is 26.1 Å². The summed E-state index contributed by atoms with van der Waals surface area (Å²) < 4.78 is 9.21. The van der Waals surface area contributed by atoms with E-state index in [1.807, 2.05) is 10.8 Å². The third-order valence-electron chi connectivity index (χ3n) is 6.84. The van der Waals surface area contributed by atoms with Crippen molar-refractivity contribution in [3.05, 3.63) is 94.4 Å². The summed E-state index contributed by atoms with van der Waals surface area (Å²) in [5, 5.41) is 5.49. The minimum Gasteiger partial charge on any atom is -0.496 e. The highest BCUT2D eigenvalue weighted by Gasteiger charge is 2.25. The van der Waals surface area contributed by atoms with Crippen molar-refractivity contribution in [3.63, 3.8) is 0 Å². The van der Waals surface area contributed by atoms with Crippen molar-refractivity contribution in [1.29, 1.82) is 0 Å². The number of nitrogens with zero attached hydrogens (tertiary/aromatic N) is 4. The normalized spacial score (nSPS) is 13.8. The molecule has 2 aromatic carbocycles. The topological polar surface area (TPSA) is 81.4 Å². The van der Waals surface area contributed by atoms with Crippen LogP contribution in [0.25, 0.3) is 10.8 Å². The fourth-order valence-electron chi connectivity index (χ4n) is 5.00. The van der Waals surface area contributed by atoms with Gasteiger partial charge in [-0.3, -0.25) is 14.5 Å². The number of amides is 1. The highest BCUT2D eigenvalue weighted by Crippen LogP contribution is 2.24. The largest absolute Gasteiger partial charge is 0.496 e. The van der Waals surface area contributed by atoms with Crippen molar-refractivity contribution in [2.45, 2.75) is 32.5 Å². The summed E-state index contributed by atoms with van der Waals surface area (Å²) in [4.78, 5) is 32.6. The first kappa shape index (κ1) is 23.8. The second kappa shape index (κ2) is 10.8. The Morgan fingerprint density at radius 1 is 1.11 bits per heavy atom. The number of carbonyl (C=O) groups excluding carboxylic acids is 1. The van der Waals surface area contributed by atoms with Crippen molar-refractivity contribution in [3.8, 4) is 5.75 Å². The first-order valence-corrected chi connectivity index (χ1v) is 12.4. The fourth-order valence-corrected chi connectivity index (χ4v) is 5.00. The van der Waals surface area contributed by atoms with Gasteiger partial charge in [-0.1, -0.05) is 42.5 Å². The smallest absolute Gasteiger partial charge is 0.256 e. The summed E-state index contributed by atoms with van der Waals surface area (Å²) >= 11 is 0. The summed E-state index contributed by atoms with van der Waals surface area (Å²) in [7, 11) is 1.51. The van der Waals surface area contributed by atoms with E-state index in [4.69, 9.17) is 4.74 Å². The highest BCUT2D eigenvalue weighted by atomic mass is 16.5. The molecule has 1 N–H and O–H groups in total. The lowest BCUT2D eigenvalue weighted by Crippen LogP contribution is -2.32. The van der Waals surface area contributed by atoms with Gasteiger partial charge in [-0.2, -0.15) is 0 Å². The second-order valence-electron chi connectivity index (χ2n) is 9.10. The Labute approximate surface area is 210 Å². The number of aromatic nitrogens is 3. The molecule has 186 valence electrons. The fraction of sp³-hybridized carbons (Fsp3) is 0.321. The van der Waals surface area contributed by atoms with Crippen LogP contribution in [0.4, 0.5) is 0 Å². The molecule has 3 heterocycles. The quantitative estimate of drug-likeness (QED) is 0.388. The van der Waals surface area contributed by atoms with Crippen LogP contribution in [0.5, 0.6) is 5.75 Å². The number of methoxy groups -OCH3 is 1. The van der Waals surface area contributed by atoms with Crippen LogP contribution < -0.4 is 15.6 Å². The number of aryl methyl sites for hydroxylation is 1. The molecule has 0 bridgehead atoms. The van der Waals surface area contributed by atoms with Crippen LogP contribution >= 0.6 is 0 Å². The molecule has 1 aliphatic heterocycles. The van der Waals surface area contributed by atoms with Gasteiger partial charge in [0.25, 0.3) is 11.5 Å². The van der Waals surface area contributed by atoms with E-state index in [2.05, 4.69) is 57.7 Å². The second-order valence-corrected chi connectivity index (χ2v) is 9.10. The van der Waals surface area contributed by atoms with E-state index in [-0.39, 0.29) is 11.5 Å². The molecule has 8 nitrogen and oxygen atoms in total. The Kier molecular flexibility index (Phi) is 7.13. The Balaban J connectivity index is 1.33. The SMILES string of the molecule is COc1cc(=O)n2c(c1C(=O)NCCCn1ccnc1)CCN(Cc1cccc3ccccc13)CC2. The zero-order chi connectivity index (χ0) is 24.9. The molecule has 36 heavy (non-hydrogen) atoms. The van der Waals surface area contributed by atoms with Crippen molar-refractivity contribution in [2.75, 3.05) is 26.7 Å². The molecule has 5 rings (SSSR count). The standard InChI is InChI=1S/C28H31N5O3/c1-36-25-18-26(34)33-17-16-31(19-22-8-4-7-21-6-2-3-9-23(21)22)14-10-24(33)27(25)28(35)30-11-5-13-32-15-12-29-20-32/h2-4,6-9,12,15,18,20H,5,10-11,13-14,16-17,19H2,1H3,(H,30,35). The van der Waals surface area contributed by atoms with Crippen molar-refractivity contribution < 1.29 is 9.53 Å². The molecule has 8 heteroatoms. The number of nitrogens with one attached hydrogen (secondary N) is 1. The third kappa shape index (κ3) is 5.04. The van der Waals surface area contributed by atoms with Gasteiger partial charge in [-0.25, -0.2) is 4.98 Å². The third-order valence-corrected chi connectivity index (χ3v) is 6.84. The van der Waals surface area contributed by atoms with Gasteiger partial charge in [0.2, 0.25) is 0 Å². The van der Waals surface area contributed by atoms with Crippen LogP contribution in [0, 0.1) is 0 Å². The zero-order valence-electron chi connectivity index (χ0n) is 20.5. The number of benzene rings is 2. The van der Waals surface area contributed by atoms with Gasteiger partial charge in [0, 0.05) is 69.8 Å². The lowest BCUT2D eigenvalue weighted by atomic mass is 10.0. The molecule has 0 saturated heterocycles. The summed E-state index contributed by atoms with van der Waals surface area (Å²) in [5.41, 5.74) is 2.34. The van der Waals surface area contributed by atoms with Crippen LogP contribution in [0.3, 0.4) is 0 Å². The van der Waals surface area contributed by atoms with Gasteiger partial charge >= 0.3 is 0 Å². The van der Waals surface area contributed by atoms with Crippen molar-refractivity contribution in [1.82, 2.24) is 24.3 Å². The summed E-state index contributed by atoms with van der Waals surface area (Å²) in [6, 6.07) is 16.2. The first-order valence-electron chi connectivity index (χ1n) is 12.4. The van der Waals surface area contributed by atoms with E-state index < -0.39 is 0 Å². The van der Waals surface area contributed by atoms with Crippen molar-refractivity contribution >= 4 is 16.7 Å². The van der Waals surface area contributed by atoms with Gasteiger partial charge in [0.1, 0.15) is 11.3 Å². The van der Waals surface area contributed by atoms with E-state index in [0.717, 1.165) is 38.3 Å². The van der Waals surface area contributed by atoms with E-state index >= 15 is 0 Å². The number of ether oxygens (including phenoxy) is 1. The Hall–Kier alpha value is -3.91. The number of carbonyl (C=O) groups is 1. The van der Waals surface area contributed by atoms with Crippen LogP contribution in [0.15, 0.2) is 72.0 Å². The van der Waals surface area contributed by atoms with Crippen LogP contribution in [0.1, 0.15) is 28.0 Å². The lowest BCUT2D eigenvalue weighted by molar-refractivity contribution is 0.0947. The monoisotopic (exact) mass is 485 g/mol. The minimum absolute atomic E-state index is 0.134. The molecule has 1 aliphatic rings. The molecule has 1 amide bonds.